The van der Waals surface area contributed by atoms with Gasteiger partial charge in [0.1, 0.15) is 12.4 Å². The van der Waals surface area contributed by atoms with Gasteiger partial charge in [-0.1, -0.05) is 5.21 Å². The molecule has 2 aromatic rings. The Morgan fingerprint density at radius 3 is 2.86 bits per heavy atom. The molecule has 0 atom stereocenters. The average molecular weight is 289 g/mol. The summed E-state index contributed by atoms with van der Waals surface area (Å²) in [5, 5.41) is 26.4. The van der Waals surface area contributed by atoms with E-state index in [0.717, 1.165) is 16.9 Å². The minimum Gasteiger partial charge on any atom is -0.480 e. The molecular formula is C12H8FN5O3. The summed E-state index contributed by atoms with van der Waals surface area (Å²) >= 11 is 0. The van der Waals surface area contributed by atoms with E-state index in [1.807, 2.05) is 0 Å². The van der Waals surface area contributed by atoms with Crippen LogP contribution < -0.4 is 5.32 Å². The Hall–Kier alpha value is -3.28. The second kappa shape index (κ2) is 5.79. The molecule has 1 heterocycles. The van der Waals surface area contributed by atoms with Crippen LogP contribution in [0.25, 0.3) is 0 Å². The van der Waals surface area contributed by atoms with E-state index >= 15 is 0 Å². The van der Waals surface area contributed by atoms with Crippen LogP contribution >= 0.6 is 0 Å². The van der Waals surface area contributed by atoms with Crippen molar-refractivity contribution in [1.82, 2.24) is 15.0 Å². The first-order valence-electron chi connectivity index (χ1n) is 5.62. The SMILES string of the molecule is N#Cc1ccc(NC(=O)c2cn(CC(=O)O)nn2)c(F)c1. The predicted molar refractivity (Wildman–Crippen MR) is 66.7 cm³/mol. The Bertz CT molecular complexity index is 750. The zero-order valence-corrected chi connectivity index (χ0v) is 10.4. The maximum Gasteiger partial charge on any atom is 0.325 e. The molecule has 0 unspecified atom stereocenters. The highest BCUT2D eigenvalue weighted by Gasteiger charge is 2.14. The van der Waals surface area contributed by atoms with Crippen LogP contribution in [0.4, 0.5) is 10.1 Å². The monoisotopic (exact) mass is 289 g/mol. The standard InChI is InChI=1S/C12H8FN5O3/c13-8-3-7(4-14)1-2-9(8)15-12(21)10-5-18(17-16-10)6-11(19)20/h1-3,5H,6H2,(H,15,21)(H,19,20). The van der Waals surface area contributed by atoms with Gasteiger partial charge in [0, 0.05) is 0 Å². The first-order valence-corrected chi connectivity index (χ1v) is 5.62. The molecule has 0 saturated heterocycles. The van der Waals surface area contributed by atoms with Crippen molar-refractivity contribution in [2.75, 3.05) is 5.32 Å². The fraction of sp³-hybridized carbons (Fsp3) is 0.0833. The molecule has 0 aliphatic carbocycles. The number of rotatable bonds is 4. The molecule has 0 aliphatic heterocycles. The van der Waals surface area contributed by atoms with Crippen molar-refractivity contribution < 1.29 is 19.1 Å². The topological polar surface area (TPSA) is 121 Å². The number of carbonyl (C=O) groups excluding carboxylic acids is 1. The second-order valence-electron chi connectivity index (χ2n) is 3.96. The van der Waals surface area contributed by atoms with Gasteiger partial charge in [-0.25, -0.2) is 9.07 Å². The van der Waals surface area contributed by atoms with E-state index in [-0.39, 0.29) is 16.9 Å². The van der Waals surface area contributed by atoms with Gasteiger partial charge in [-0.2, -0.15) is 5.26 Å². The molecule has 1 amide bonds. The van der Waals surface area contributed by atoms with Crippen LogP contribution in [-0.2, 0) is 11.3 Å². The van der Waals surface area contributed by atoms with Crippen LogP contribution in [-0.4, -0.2) is 32.0 Å². The lowest BCUT2D eigenvalue weighted by molar-refractivity contribution is -0.137. The van der Waals surface area contributed by atoms with E-state index < -0.39 is 24.2 Å². The number of nitrogens with zero attached hydrogens (tertiary/aromatic N) is 4. The maximum absolute atomic E-state index is 13.6. The van der Waals surface area contributed by atoms with Crippen molar-refractivity contribution in [3.63, 3.8) is 0 Å². The van der Waals surface area contributed by atoms with Gasteiger partial charge < -0.3 is 10.4 Å². The quantitative estimate of drug-likeness (QED) is 0.851. The number of amides is 1. The lowest BCUT2D eigenvalue weighted by atomic mass is 10.2. The van der Waals surface area contributed by atoms with Gasteiger partial charge in [0.25, 0.3) is 5.91 Å². The van der Waals surface area contributed by atoms with Crippen LogP contribution in [0.2, 0.25) is 0 Å². The largest absolute Gasteiger partial charge is 0.480 e. The molecule has 0 spiro atoms. The summed E-state index contributed by atoms with van der Waals surface area (Å²) in [6.07, 6.45) is 1.13. The van der Waals surface area contributed by atoms with Crippen LogP contribution in [0.3, 0.4) is 0 Å². The zero-order chi connectivity index (χ0) is 15.4. The molecule has 0 bridgehead atoms. The molecule has 0 aliphatic rings. The third-order valence-electron chi connectivity index (χ3n) is 2.41. The van der Waals surface area contributed by atoms with Crippen molar-refractivity contribution in [1.29, 1.82) is 5.26 Å². The van der Waals surface area contributed by atoms with Gasteiger partial charge in [0.2, 0.25) is 0 Å². The smallest absolute Gasteiger partial charge is 0.325 e. The first-order chi connectivity index (χ1) is 9.99. The fourth-order valence-electron chi connectivity index (χ4n) is 1.49. The van der Waals surface area contributed by atoms with Crippen molar-refractivity contribution in [2.24, 2.45) is 0 Å². The van der Waals surface area contributed by atoms with E-state index in [1.54, 1.807) is 6.07 Å². The number of hydrogen-bond acceptors (Lipinski definition) is 5. The average Bonchev–Trinajstić information content (AvgIpc) is 2.88. The summed E-state index contributed by atoms with van der Waals surface area (Å²) in [5.41, 5.74) is -0.148. The minimum absolute atomic E-state index is 0.119. The molecular weight excluding hydrogens is 281 g/mol. The van der Waals surface area contributed by atoms with E-state index in [2.05, 4.69) is 15.6 Å². The number of aromatic nitrogens is 3. The maximum atomic E-state index is 13.6. The summed E-state index contributed by atoms with van der Waals surface area (Å²) in [6, 6.07) is 5.34. The van der Waals surface area contributed by atoms with E-state index in [0.29, 0.717) is 0 Å². The van der Waals surface area contributed by atoms with Crippen molar-refractivity contribution in [2.45, 2.75) is 6.54 Å². The van der Waals surface area contributed by atoms with Crippen LogP contribution in [0, 0.1) is 17.1 Å². The molecule has 0 radical (unpaired) electrons. The second-order valence-corrected chi connectivity index (χ2v) is 3.96. The molecule has 1 aromatic carbocycles. The summed E-state index contributed by atoms with van der Waals surface area (Å²) in [6.45, 7) is -0.439. The third-order valence-corrected chi connectivity index (χ3v) is 2.41. The zero-order valence-electron chi connectivity index (χ0n) is 10.4. The summed E-state index contributed by atoms with van der Waals surface area (Å²) in [7, 11) is 0. The summed E-state index contributed by atoms with van der Waals surface area (Å²) < 4.78 is 14.6. The number of nitriles is 1. The molecule has 0 saturated carbocycles. The number of hydrogen-bond donors (Lipinski definition) is 2. The highest BCUT2D eigenvalue weighted by atomic mass is 19.1. The Labute approximate surface area is 117 Å². The minimum atomic E-state index is -1.13. The Kier molecular flexibility index (Phi) is 3.90. The lowest BCUT2D eigenvalue weighted by Crippen LogP contribution is -2.13. The Balaban J connectivity index is 2.13. The molecule has 21 heavy (non-hydrogen) atoms. The number of carbonyl (C=O) groups is 2. The summed E-state index contributed by atoms with van der Waals surface area (Å²) in [4.78, 5) is 22.3. The fourth-order valence-corrected chi connectivity index (χ4v) is 1.49. The molecule has 0 fully saturated rings. The van der Waals surface area contributed by atoms with E-state index in [1.165, 1.54) is 12.1 Å². The highest BCUT2D eigenvalue weighted by Crippen LogP contribution is 2.16. The Morgan fingerprint density at radius 1 is 1.48 bits per heavy atom. The molecule has 2 N–H and O–H groups in total. The van der Waals surface area contributed by atoms with Crippen molar-refractivity contribution >= 4 is 17.6 Å². The van der Waals surface area contributed by atoms with Gasteiger partial charge in [-0.3, -0.25) is 9.59 Å². The van der Waals surface area contributed by atoms with Gasteiger partial charge >= 0.3 is 5.97 Å². The molecule has 9 heteroatoms. The molecule has 2 rings (SSSR count). The van der Waals surface area contributed by atoms with E-state index in [9.17, 15) is 14.0 Å². The number of aliphatic carboxylic acids is 1. The molecule has 8 nitrogen and oxygen atoms in total. The highest BCUT2D eigenvalue weighted by molar-refractivity contribution is 6.02. The van der Waals surface area contributed by atoms with Crippen LogP contribution in [0.15, 0.2) is 24.4 Å². The molecule has 106 valence electrons. The van der Waals surface area contributed by atoms with Crippen molar-refractivity contribution in [3.05, 3.63) is 41.5 Å². The van der Waals surface area contributed by atoms with Crippen LogP contribution in [0.1, 0.15) is 16.1 Å². The van der Waals surface area contributed by atoms with E-state index in [4.69, 9.17) is 10.4 Å². The lowest BCUT2D eigenvalue weighted by Gasteiger charge is -2.04. The normalized spacial score (nSPS) is 9.90. The van der Waals surface area contributed by atoms with Gasteiger partial charge in [-0.15, -0.1) is 5.10 Å². The summed E-state index contributed by atoms with van der Waals surface area (Å²) in [5.74, 6) is -2.64. The van der Waals surface area contributed by atoms with Crippen LogP contribution in [0.5, 0.6) is 0 Å². The number of benzene rings is 1. The molecule has 1 aromatic heterocycles. The Morgan fingerprint density at radius 2 is 2.24 bits per heavy atom. The number of carboxylic acids is 1. The van der Waals surface area contributed by atoms with Gasteiger partial charge in [0.15, 0.2) is 5.69 Å². The number of halogens is 1. The number of carboxylic acid groups (broad SMARTS) is 1. The van der Waals surface area contributed by atoms with Gasteiger partial charge in [-0.05, 0) is 18.2 Å². The van der Waals surface area contributed by atoms with Crippen molar-refractivity contribution in [3.8, 4) is 6.07 Å². The number of nitrogens with one attached hydrogen (secondary N) is 1. The third kappa shape index (κ3) is 3.38. The predicted octanol–water partition coefficient (Wildman–Crippen LogP) is 0.626. The first kappa shape index (κ1) is 14.1. The van der Waals surface area contributed by atoms with Gasteiger partial charge in [0.05, 0.1) is 23.5 Å². The number of anilines is 1.